The van der Waals surface area contributed by atoms with Crippen LogP contribution in [0.15, 0.2) is 66.7 Å². The van der Waals surface area contributed by atoms with E-state index >= 15 is 0 Å². The van der Waals surface area contributed by atoms with Crippen LogP contribution in [-0.4, -0.2) is 53.8 Å². The molecule has 0 aromatic heterocycles. The normalized spacial score (nSPS) is 18.5. The minimum atomic E-state index is -4.44. The fraction of sp³-hybridized carbons (Fsp3) is 0.310. The molecule has 8 heteroatoms. The number of nitrogens with zero attached hydrogens (tertiary/aromatic N) is 3. The second kappa shape index (κ2) is 9.03. The van der Waals surface area contributed by atoms with Crippen LogP contribution in [0.2, 0.25) is 0 Å². The van der Waals surface area contributed by atoms with Gasteiger partial charge in [0.1, 0.15) is 0 Å². The van der Waals surface area contributed by atoms with Crippen molar-refractivity contribution >= 4 is 17.5 Å². The van der Waals surface area contributed by atoms with Crippen molar-refractivity contribution in [2.75, 3.05) is 31.1 Å². The first-order valence-electron chi connectivity index (χ1n) is 12.5. The monoisotopic (exact) mass is 505 g/mol. The predicted molar refractivity (Wildman–Crippen MR) is 134 cm³/mol. The number of imide groups is 1. The predicted octanol–water partition coefficient (Wildman–Crippen LogP) is 4.79. The summed E-state index contributed by atoms with van der Waals surface area (Å²) in [6, 6.07) is 19.0. The molecule has 5 nitrogen and oxygen atoms in total. The number of halogens is 3. The SMILES string of the molecule is O=C1c2cccc(N3CCN(C4Cc5ccccc5C4)CC3)c2C(=O)N1Cc1ccc(C(F)(F)F)cc1. The van der Waals surface area contributed by atoms with E-state index in [1.165, 1.54) is 23.3 Å². The number of amides is 2. The molecule has 1 fully saturated rings. The Balaban J connectivity index is 1.16. The van der Waals surface area contributed by atoms with E-state index in [4.69, 9.17) is 0 Å². The Morgan fingerprint density at radius 3 is 2.03 bits per heavy atom. The molecule has 6 rings (SSSR count). The number of carbonyl (C=O) groups excluding carboxylic acids is 2. The highest BCUT2D eigenvalue weighted by Gasteiger charge is 2.39. The van der Waals surface area contributed by atoms with E-state index in [9.17, 15) is 22.8 Å². The summed E-state index contributed by atoms with van der Waals surface area (Å²) in [5.41, 5.74) is 4.04. The van der Waals surface area contributed by atoms with Gasteiger partial charge in [0, 0.05) is 32.2 Å². The summed E-state index contributed by atoms with van der Waals surface area (Å²) >= 11 is 0. The number of alkyl halides is 3. The fourth-order valence-corrected chi connectivity index (χ4v) is 5.83. The summed E-state index contributed by atoms with van der Waals surface area (Å²) in [5.74, 6) is -0.812. The van der Waals surface area contributed by atoms with Crippen molar-refractivity contribution in [3.63, 3.8) is 0 Å². The van der Waals surface area contributed by atoms with Crippen LogP contribution in [0, 0.1) is 0 Å². The molecule has 190 valence electrons. The zero-order valence-electron chi connectivity index (χ0n) is 20.2. The van der Waals surface area contributed by atoms with Gasteiger partial charge in [-0.05, 0) is 53.8 Å². The van der Waals surface area contributed by atoms with Gasteiger partial charge in [0.25, 0.3) is 11.8 Å². The van der Waals surface area contributed by atoms with Crippen LogP contribution in [-0.2, 0) is 25.6 Å². The molecule has 0 saturated carbocycles. The summed E-state index contributed by atoms with van der Waals surface area (Å²) in [5, 5.41) is 0. The van der Waals surface area contributed by atoms with Gasteiger partial charge in [-0.2, -0.15) is 13.2 Å². The number of rotatable bonds is 4. The third-order valence-electron chi connectivity index (χ3n) is 7.80. The van der Waals surface area contributed by atoms with E-state index in [-0.39, 0.29) is 6.54 Å². The molecule has 3 aromatic rings. The van der Waals surface area contributed by atoms with Gasteiger partial charge in [0.15, 0.2) is 0 Å². The van der Waals surface area contributed by atoms with Crippen LogP contribution in [0.1, 0.15) is 43.0 Å². The van der Waals surface area contributed by atoms with E-state index in [0.29, 0.717) is 22.7 Å². The number of anilines is 1. The molecule has 2 heterocycles. The molecule has 0 unspecified atom stereocenters. The van der Waals surface area contributed by atoms with Crippen molar-refractivity contribution in [2.24, 2.45) is 0 Å². The Morgan fingerprint density at radius 2 is 1.41 bits per heavy atom. The van der Waals surface area contributed by atoms with E-state index in [1.54, 1.807) is 12.1 Å². The average Bonchev–Trinajstić information content (AvgIpc) is 3.44. The van der Waals surface area contributed by atoms with Crippen molar-refractivity contribution in [3.05, 3.63) is 100 Å². The van der Waals surface area contributed by atoms with E-state index in [2.05, 4.69) is 34.1 Å². The van der Waals surface area contributed by atoms with Gasteiger partial charge < -0.3 is 4.90 Å². The number of hydrogen-bond acceptors (Lipinski definition) is 4. The smallest absolute Gasteiger partial charge is 0.368 e. The lowest BCUT2D eigenvalue weighted by molar-refractivity contribution is -0.137. The maximum Gasteiger partial charge on any atom is 0.416 e. The summed E-state index contributed by atoms with van der Waals surface area (Å²) < 4.78 is 38.7. The average molecular weight is 506 g/mol. The first-order valence-corrected chi connectivity index (χ1v) is 12.5. The van der Waals surface area contributed by atoms with Gasteiger partial charge in [-0.15, -0.1) is 0 Å². The second-order valence-electron chi connectivity index (χ2n) is 9.94. The Bertz CT molecular complexity index is 1340. The van der Waals surface area contributed by atoms with Gasteiger partial charge in [-0.3, -0.25) is 19.4 Å². The molecule has 3 aromatic carbocycles. The number of piperazine rings is 1. The topological polar surface area (TPSA) is 43.9 Å². The second-order valence-corrected chi connectivity index (χ2v) is 9.94. The van der Waals surface area contributed by atoms with Crippen LogP contribution < -0.4 is 4.90 Å². The van der Waals surface area contributed by atoms with Gasteiger partial charge >= 0.3 is 6.18 Å². The molecule has 1 saturated heterocycles. The molecule has 2 amide bonds. The summed E-state index contributed by atoms with van der Waals surface area (Å²) in [4.78, 5) is 32.3. The van der Waals surface area contributed by atoms with Crippen LogP contribution in [0.4, 0.5) is 18.9 Å². The maximum atomic E-state index is 13.4. The van der Waals surface area contributed by atoms with Crippen molar-refractivity contribution in [2.45, 2.75) is 31.6 Å². The molecular formula is C29H26F3N3O2. The molecule has 1 aliphatic carbocycles. The Morgan fingerprint density at radius 1 is 0.757 bits per heavy atom. The zero-order valence-corrected chi connectivity index (χ0v) is 20.2. The van der Waals surface area contributed by atoms with Crippen LogP contribution in [0.5, 0.6) is 0 Å². The Labute approximate surface area is 213 Å². The molecule has 0 bridgehead atoms. The fourth-order valence-electron chi connectivity index (χ4n) is 5.83. The largest absolute Gasteiger partial charge is 0.416 e. The number of carbonyl (C=O) groups is 2. The number of fused-ring (bicyclic) bond motifs is 2. The van der Waals surface area contributed by atoms with Gasteiger partial charge in [0.2, 0.25) is 0 Å². The third kappa shape index (κ3) is 4.29. The Hall–Kier alpha value is -3.65. The summed E-state index contributed by atoms with van der Waals surface area (Å²) in [7, 11) is 0. The highest BCUT2D eigenvalue weighted by Crippen LogP contribution is 2.35. The standard InChI is InChI=1S/C29H26F3N3O2/c30-29(31,32)22-10-8-19(9-11-22)18-35-27(36)24-6-3-7-25(26(24)28(35)37)34-14-12-33(13-15-34)23-16-20-4-1-2-5-21(20)17-23/h1-11,23H,12-18H2. The molecular weight excluding hydrogens is 479 g/mol. The summed E-state index contributed by atoms with van der Waals surface area (Å²) in [6.45, 7) is 3.19. The van der Waals surface area contributed by atoms with Crippen molar-refractivity contribution in [1.82, 2.24) is 9.80 Å². The van der Waals surface area contributed by atoms with Gasteiger partial charge in [0.05, 0.1) is 28.9 Å². The molecule has 37 heavy (non-hydrogen) atoms. The minimum Gasteiger partial charge on any atom is -0.368 e. The van der Waals surface area contributed by atoms with Crippen LogP contribution in [0.25, 0.3) is 0 Å². The van der Waals surface area contributed by atoms with E-state index < -0.39 is 23.6 Å². The van der Waals surface area contributed by atoms with E-state index in [0.717, 1.165) is 61.7 Å². The van der Waals surface area contributed by atoms with Crippen LogP contribution in [0.3, 0.4) is 0 Å². The quantitative estimate of drug-likeness (QED) is 0.479. The lowest BCUT2D eigenvalue weighted by atomic mass is 10.1. The molecule has 0 N–H and O–H groups in total. The number of hydrogen-bond donors (Lipinski definition) is 0. The minimum absolute atomic E-state index is 0.0695. The molecule has 0 atom stereocenters. The maximum absolute atomic E-state index is 13.4. The Kier molecular flexibility index (Phi) is 5.79. The highest BCUT2D eigenvalue weighted by atomic mass is 19.4. The lowest BCUT2D eigenvalue weighted by Crippen LogP contribution is -2.51. The van der Waals surface area contributed by atoms with Crippen molar-refractivity contribution in [1.29, 1.82) is 0 Å². The highest BCUT2D eigenvalue weighted by molar-refractivity contribution is 6.23. The van der Waals surface area contributed by atoms with Gasteiger partial charge in [-0.1, -0.05) is 42.5 Å². The molecule has 0 radical (unpaired) electrons. The molecule has 0 spiro atoms. The van der Waals surface area contributed by atoms with Crippen molar-refractivity contribution in [3.8, 4) is 0 Å². The third-order valence-corrected chi connectivity index (χ3v) is 7.80. The van der Waals surface area contributed by atoms with Crippen LogP contribution >= 0.6 is 0 Å². The van der Waals surface area contributed by atoms with E-state index in [1.807, 2.05) is 6.07 Å². The zero-order chi connectivity index (χ0) is 25.7. The lowest BCUT2D eigenvalue weighted by Gasteiger charge is -2.39. The first kappa shape index (κ1) is 23.7. The number of benzene rings is 3. The molecule has 3 aliphatic rings. The summed E-state index contributed by atoms with van der Waals surface area (Å²) in [6.07, 6.45) is -2.32. The van der Waals surface area contributed by atoms with Crippen molar-refractivity contribution < 1.29 is 22.8 Å². The van der Waals surface area contributed by atoms with Gasteiger partial charge in [-0.25, -0.2) is 0 Å². The molecule has 2 aliphatic heterocycles. The first-order chi connectivity index (χ1) is 17.8.